The molecule has 0 fully saturated rings. The van der Waals surface area contributed by atoms with E-state index in [0.717, 1.165) is 31.0 Å². The van der Waals surface area contributed by atoms with Crippen molar-refractivity contribution >= 4 is 0 Å². The van der Waals surface area contributed by atoms with Crippen molar-refractivity contribution in [2.24, 2.45) is 5.73 Å². The Labute approximate surface area is 115 Å². The van der Waals surface area contributed by atoms with Crippen LogP contribution in [0.2, 0.25) is 0 Å². The van der Waals surface area contributed by atoms with Gasteiger partial charge in [-0.3, -0.25) is 4.68 Å². The molecular formula is C13H26N4O2. The monoisotopic (exact) mass is 270 g/mol. The lowest BCUT2D eigenvalue weighted by atomic mass is 10.1. The lowest BCUT2D eigenvalue weighted by Crippen LogP contribution is -2.31. The molecule has 0 spiro atoms. The van der Waals surface area contributed by atoms with E-state index in [2.05, 4.69) is 16.9 Å². The number of rotatable bonds is 8. The summed E-state index contributed by atoms with van der Waals surface area (Å²) in [5.74, 6) is 0.724. The third-order valence-corrected chi connectivity index (χ3v) is 3.25. The number of ether oxygens (including phenoxy) is 2. The zero-order valence-electron chi connectivity index (χ0n) is 12.6. The first-order chi connectivity index (χ1) is 9.04. The largest absolute Gasteiger partial charge is 0.493 e. The highest BCUT2D eigenvalue weighted by Gasteiger charge is 2.25. The normalized spacial score (nSPS) is 14.7. The Hall–Kier alpha value is -1.11. The SMILES string of the molecule is CCC(OC)C(N)c1c(OC)cnn1CCN(C)C. The minimum Gasteiger partial charge on any atom is -0.493 e. The van der Waals surface area contributed by atoms with Crippen molar-refractivity contribution in [3.8, 4) is 5.75 Å². The Balaban J connectivity index is 2.97. The quantitative estimate of drug-likeness (QED) is 0.759. The Morgan fingerprint density at radius 3 is 2.58 bits per heavy atom. The van der Waals surface area contributed by atoms with Crippen LogP contribution in [0.1, 0.15) is 25.1 Å². The van der Waals surface area contributed by atoms with Crippen LogP contribution < -0.4 is 10.5 Å². The molecule has 0 amide bonds. The predicted molar refractivity (Wildman–Crippen MR) is 75.3 cm³/mol. The van der Waals surface area contributed by atoms with Gasteiger partial charge in [0.15, 0.2) is 5.75 Å². The van der Waals surface area contributed by atoms with Crippen LogP contribution in [-0.4, -0.2) is 55.6 Å². The van der Waals surface area contributed by atoms with Crippen molar-refractivity contribution in [1.29, 1.82) is 0 Å². The fourth-order valence-corrected chi connectivity index (χ4v) is 2.09. The van der Waals surface area contributed by atoms with Gasteiger partial charge in [0.25, 0.3) is 0 Å². The molecule has 2 N–H and O–H groups in total. The molecule has 2 unspecified atom stereocenters. The highest BCUT2D eigenvalue weighted by atomic mass is 16.5. The smallest absolute Gasteiger partial charge is 0.161 e. The van der Waals surface area contributed by atoms with Crippen LogP contribution in [0.4, 0.5) is 0 Å². The van der Waals surface area contributed by atoms with Gasteiger partial charge in [-0.25, -0.2) is 0 Å². The number of likely N-dealkylation sites (N-methyl/N-ethyl adjacent to an activating group) is 1. The number of hydrogen-bond acceptors (Lipinski definition) is 5. The number of aromatic nitrogens is 2. The highest BCUT2D eigenvalue weighted by molar-refractivity contribution is 5.29. The average Bonchev–Trinajstić information content (AvgIpc) is 2.80. The summed E-state index contributed by atoms with van der Waals surface area (Å²) < 4.78 is 12.7. The van der Waals surface area contributed by atoms with Crippen LogP contribution >= 0.6 is 0 Å². The third kappa shape index (κ3) is 3.92. The van der Waals surface area contributed by atoms with Gasteiger partial charge in [-0.15, -0.1) is 0 Å². The molecule has 0 aliphatic carbocycles. The third-order valence-electron chi connectivity index (χ3n) is 3.25. The zero-order chi connectivity index (χ0) is 14.4. The van der Waals surface area contributed by atoms with Crippen LogP contribution in [0.5, 0.6) is 5.75 Å². The maximum Gasteiger partial charge on any atom is 0.161 e. The summed E-state index contributed by atoms with van der Waals surface area (Å²) in [4.78, 5) is 2.11. The number of hydrogen-bond donors (Lipinski definition) is 1. The van der Waals surface area contributed by atoms with E-state index >= 15 is 0 Å². The van der Waals surface area contributed by atoms with Crippen molar-refractivity contribution in [3.63, 3.8) is 0 Å². The number of nitrogens with two attached hydrogens (primary N) is 1. The maximum absolute atomic E-state index is 6.31. The lowest BCUT2D eigenvalue weighted by molar-refractivity contribution is 0.0737. The van der Waals surface area contributed by atoms with Gasteiger partial charge in [-0.05, 0) is 20.5 Å². The van der Waals surface area contributed by atoms with Crippen LogP contribution in [0.15, 0.2) is 6.20 Å². The van der Waals surface area contributed by atoms with Gasteiger partial charge in [0.05, 0.1) is 37.7 Å². The minimum absolute atomic E-state index is 0.0382. The second-order valence-corrected chi connectivity index (χ2v) is 4.83. The first-order valence-corrected chi connectivity index (χ1v) is 6.57. The Morgan fingerprint density at radius 2 is 2.11 bits per heavy atom. The van der Waals surface area contributed by atoms with E-state index in [-0.39, 0.29) is 12.1 Å². The van der Waals surface area contributed by atoms with Crippen molar-refractivity contribution in [2.75, 3.05) is 34.9 Å². The van der Waals surface area contributed by atoms with E-state index in [1.165, 1.54) is 0 Å². The lowest BCUT2D eigenvalue weighted by Gasteiger charge is -2.23. The Bertz CT molecular complexity index is 375. The van der Waals surface area contributed by atoms with E-state index in [1.54, 1.807) is 20.4 Å². The molecule has 6 nitrogen and oxygen atoms in total. The summed E-state index contributed by atoms with van der Waals surface area (Å²) in [6, 6.07) is -0.241. The van der Waals surface area contributed by atoms with E-state index in [4.69, 9.17) is 15.2 Å². The highest BCUT2D eigenvalue weighted by Crippen LogP contribution is 2.27. The van der Waals surface area contributed by atoms with Crippen molar-refractivity contribution in [2.45, 2.75) is 32.0 Å². The van der Waals surface area contributed by atoms with Gasteiger partial charge in [-0.2, -0.15) is 5.10 Å². The van der Waals surface area contributed by atoms with Crippen LogP contribution in [0.3, 0.4) is 0 Å². The Morgan fingerprint density at radius 1 is 1.42 bits per heavy atom. The van der Waals surface area contributed by atoms with E-state index in [0.29, 0.717) is 0 Å². The zero-order valence-corrected chi connectivity index (χ0v) is 12.6. The van der Waals surface area contributed by atoms with Crippen molar-refractivity contribution < 1.29 is 9.47 Å². The molecule has 0 aromatic carbocycles. The van der Waals surface area contributed by atoms with Gasteiger partial charge in [0, 0.05) is 13.7 Å². The van der Waals surface area contributed by atoms with Crippen molar-refractivity contribution in [3.05, 3.63) is 11.9 Å². The summed E-state index contributed by atoms with van der Waals surface area (Å²) in [6.07, 6.45) is 2.52. The first-order valence-electron chi connectivity index (χ1n) is 6.57. The molecule has 110 valence electrons. The summed E-state index contributed by atoms with van der Waals surface area (Å²) in [5.41, 5.74) is 7.21. The van der Waals surface area contributed by atoms with E-state index in [1.807, 2.05) is 18.8 Å². The average molecular weight is 270 g/mol. The van der Waals surface area contributed by atoms with Crippen molar-refractivity contribution in [1.82, 2.24) is 14.7 Å². The van der Waals surface area contributed by atoms with Gasteiger partial charge in [-0.1, -0.05) is 6.92 Å². The molecule has 2 atom stereocenters. The van der Waals surface area contributed by atoms with E-state index < -0.39 is 0 Å². The summed E-state index contributed by atoms with van der Waals surface area (Å²) in [6.45, 7) is 3.73. The second kappa shape index (κ2) is 7.47. The van der Waals surface area contributed by atoms with Gasteiger partial charge in [0.2, 0.25) is 0 Å². The molecule has 19 heavy (non-hydrogen) atoms. The molecular weight excluding hydrogens is 244 g/mol. The summed E-state index contributed by atoms with van der Waals surface area (Å²) in [5, 5.41) is 4.36. The molecule has 0 saturated carbocycles. The molecule has 1 heterocycles. The van der Waals surface area contributed by atoms with Gasteiger partial charge in [0.1, 0.15) is 0 Å². The first kappa shape index (κ1) is 15.9. The van der Waals surface area contributed by atoms with Crippen LogP contribution in [-0.2, 0) is 11.3 Å². The standard InChI is InChI=1S/C13H26N4O2/c1-6-10(18-4)12(14)13-11(19-5)9-15-17(13)8-7-16(2)3/h9-10,12H,6-8,14H2,1-5H3. The van der Waals surface area contributed by atoms with Gasteiger partial charge < -0.3 is 20.1 Å². The molecule has 0 bridgehead atoms. The molecule has 0 radical (unpaired) electrons. The summed E-state index contributed by atoms with van der Waals surface area (Å²) >= 11 is 0. The number of nitrogens with zero attached hydrogens (tertiary/aromatic N) is 3. The fourth-order valence-electron chi connectivity index (χ4n) is 2.09. The van der Waals surface area contributed by atoms with Crippen LogP contribution in [0, 0.1) is 0 Å². The molecule has 0 aliphatic rings. The topological polar surface area (TPSA) is 65.5 Å². The number of methoxy groups -OCH3 is 2. The van der Waals surface area contributed by atoms with Gasteiger partial charge >= 0.3 is 0 Å². The Kier molecular flexibility index (Phi) is 6.27. The molecule has 6 heteroatoms. The molecule has 1 aromatic heterocycles. The fraction of sp³-hybridized carbons (Fsp3) is 0.769. The molecule has 0 aliphatic heterocycles. The minimum atomic E-state index is -0.241. The molecule has 1 rings (SSSR count). The van der Waals surface area contributed by atoms with Crippen LogP contribution in [0.25, 0.3) is 0 Å². The van der Waals surface area contributed by atoms with E-state index in [9.17, 15) is 0 Å². The molecule has 1 aromatic rings. The molecule has 0 saturated heterocycles. The summed E-state index contributed by atoms with van der Waals surface area (Å²) in [7, 11) is 7.38. The second-order valence-electron chi connectivity index (χ2n) is 4.83. The maximum atomic E-state index is 6.31. The predicted octanol–water partition coefficient (Wildman–Crippen LogP) is 0.878.